The van der Waals surface area contributed by atoms with E-state index in [2.05, 4.69) is 11.9 Å². The number of nitrogens with one attached hydrogen (secondary N) is 2. The highest BCUT2D eigenvalue weighted by atomic mass is 32.2. The number of sulfonamides is 1. The highest BCUT2D eigenvalue weighted by Gasteiger charge is 2.28. The first-order valence-electron chi connectivity index (χ1n) is 11.7. The van der Waals surface area contributed by atoms with Crippen LogP contribution in [0, 0.1) is 0 Å². The molecule has 1 unspecified atom stereocenters. The topological polar surface area (TPSA) is 105 Å². The first-order chi connectivity index (χ1) is 17.6. The van der Waals surface area contributed by atoms with Crippen molar-refractivity contribution in [3.63, 3.8) is 0 Å². The van der Waals surface area contributed by atoms with Gasteiger partial charge in [-0.1, -0.05) is 54.6 Å². The van der Waals surface area contributed by atoms with Crippen molar-refractivity contribution in [3.8, 4) is 5.75 Å². The van der Waals surface area contributed by atoms with Crippen LogP contribution in [0.15, 0.2) is 90.3 Å². The smallest absolute Gasteiger partial charge is 0.329 e. The van der Waals surface area contributed by atoms with E-state index in [-0.39, 0.29) is 17.2 Å². The summed E-state index contributed by atoms with van der Waals surface area (Å²) in [7, 11) is -2.63. The van der Waals surface area contributed by atoms with Crippen molar-refractivity contribution in [2.45, 2.75) is 31.2 Å². The van der Waals surface area contributed by atoms with Crippen LogP contribution in [0.1, 0.15) is 25.0 Å². The molecule has 0 aliphatic rings. The average molecular weight is 522 g/mol. The summed E-state index contributed by atoms with van der Waals surface area (Å²) in [5, 5.41) is 2.57. The molecule has 1 atom stereocenters. The van der Waals surface area contributed by atoms with Crippen LogP contribution in [0.5, 0.6) is 5.75 Å². The predicted octanol–water partition coefficient (Wildman–Crippen LogP) is 4.38. The quantitative estimate of drug-likeness (QED) is 0.412. The predicted molar refractivity (Wildman–Crippen MR) is 145 cm³/mol. The maximum absolute atomic E-state index is 13.6. The lowest BCUT2D eigenvalue weighted by Crippen LogP contribution is -2.53. The zero-order valence-electron chi connectivity index (χ0n) is 21.1. The molecule has 0 aliphatic carbocycles. The van der Waals surface area contributed by atoms with Gasteiger partial charge in [0.15, 0.2) is 0 Å². The summed E-state index contributed by atoms with van der Waals surface area (Å²) in [6.45, 7) is 7.74. The number of nitrogens with zero attached hydrogens (tertiary/aromatic N) is 1. The monoisotopic (exact) mass is 521 g/mol. The highest BCUT2D eigenvalue weighted by Crippen LogP contribution is 2.21. The van der Waals surface area contributed by atoms with Gasteiger partial charge in [0.2, 0.25) is 5.91 Å². The van der Waals surface area contributed by atoms with E-state index < -0.39 is 22.1 Å². The number of carbonyl (C=O) groups is 2. The molecule has 37 heavy (non-hydrogen) atoms. The van der Waals surface area contributed by atoms with Crippen LogP contribution in [0.25, 0.3) is 5.57 Å². The van der Waals surface area contributed by atoms with E-state index in [0.29, 0.717) is 29.1 Å². The molecular formula is C28H31N3O5S. The third-order valence-corrected chi connectivity index (χ3v) is 7.05. The number of benzene rings is 3. The van der Waals surface area contributed by atoms with Crippen LogP contribution in [0.2, 0.25) is 0 Å². The van der Waals surface area contributed by atoms with E-state index in [1.165, 1.54) is 17.0 Å². The summed E-state index contributed by atoms with van der Waals surface area (Å²) in [6.07, 6.45) is 0.172. The van der Waals surface area contributed by atoms with Gasteiger partial charge in [-0.2, -0.15) is 0 Å². The first kappa shape index (κ1) is 27.5. The fourth-order valence-corrected chi connectivity index (χ4v) is 4.72. The van der Waals surface area contributed by atoms with Crippen LogP contribution >= 0.6 is 0 Å². The zero-order chi connectivity index (χ0) is 27.0. The Morgan fingerprint density at radius 1 is 1.00 bits per heavy atom. The lowest BCUT2D eigenvalue weighted by molar-refractivity contribution is -0.120. The Balaban J connectivity index is 1.85. The van der Waals surface area contributed by atoms with Gasteiger partial charge >= 0.3 is 6.03 Å². The van der Waals surface area contributed by atoms with Gasteiger partial charge in [0.25, 0.3) is 10.0 Å². The number of carbonyl (C=O) groups excluding carboxylic acids is 2. The maximum atomic E-state index is 13.6. The molecule has 2 N–H and O–H groups in total. The van der Waals surface area contributed by atoms with Gasteiger partial charge in [-0.3, -0.25) is 4.79 Å². The SMILES string of the molecule is C=C(C)c1cccc(S(=O)(=O)NC(=O)NC(Cc2ccccc2)C(=O)N(CC)c2ccc(OC)cc2)c1. The lowest BCUT2D eigenvalue weighted by Gasteiger charge is -2.27. The largest absolute Gasteiger partial charge is 0.497 e. The van der Waals surface area contributed by atoms with E-state index in [1.807, 2.05) is 42.0 Å². The molecule has 194 valence electrons. The standard InChI is InChI=1S/C28H31N3O5S/c1-5-31(23-14-16-24(36-4)17-15-23)27(32)26(18-21-10-7-6-8-11-21)29-28(33)30-37(34,35)25-13-9-12-22(19-25)20(2)3/h6-17,19,26H,2,5,18H2,1,3-4H3,(H2,29,30,33). The van der Waals surface area contributed by atoms with Crippen molar-refractivity contribution in [1.82, 2.24) is 10.0 Å². The number of allylic oxidation sites excluding steroid dienone is 1. The number of rotatable bonds is 10. The summed E-state index contributed by atoms with van der Waals surface area (Å²) in [5.41, 5.74) is 2.76. The van der Waals surface area contributed by atoms with Crippen LogP contribution in [-0.2, 0) is 21.2 Å². The molecule has 3 rings (SSSR count). The van der Waals surface area contributed by atoms with Gasteiger partial charge < -0.3 is 15.0 Å². The Hall–Kier alpha value is -4.11. The first-order valence-corrected chi connectivity index (χ1v) is 13.2. The van der Waals surface area contributed by atoms with Gasteiger partial charge in [0.05, 0.1) is 12.0 Å². The van der Waals surface area contributed by atoms with E-state index in [1.54, 1.807) is 50.4 Å². The molecule has 0 saturated heterocycles. The maximum Gasteiger partial charge on any atom is 0.329 e. The second-order valence-electron chi connectivity index (χ2n) is 8.41. The number of anilines is 1. The average Bonchev–Trinajstić information content (AvgIpc) is 2.89. The van der Waals surface area contributed by atoms with Crippen LogP contribution in [0.4, 0.5) is 10.5 Å². The molecule has 0 bridgehead atoms. The number of likely N-dealkylation sites (N-methyl/N-ethyl adjacent to an activating group) is 1. The molecule has 9 heteroatoms. The third kappa shape index (κ3) is 7.20. The number of hydrogen-bond donors (Lipinski definition) is 2. The summed E-state index contributed by atoms with van der Waals surface area (Å²) < 4.78 is 33.0. The van der Waals surface area contributed by atoms with Gasteiger partial charge in [-0.15, -0.1) is 0 Å². The van der Waals surface area contributed by atoms with Crippen molar-refractivity contribution >= 4 is 33.2 Å². The molecule has 0 heterocycles. The molecule has 0 spiro atoms. The molecular weight excluding hydrogens is 490 g/mol. The molecule has 0 radical (unpaired) electrons. The van der Waals surface area contributed by atoms with Crippen molar-refractivity contribution in [2.75, 3.05) is 18.6 Å². The Morgan fingerprint density at radius 3 is 2.27 bits per heavy atom. The number of ether oxygens (including phenoxy) is 1. The minimum absolute atomic E-state index is 0.0810. The molecule has 3 aromatic rings. The fourth-order valence-electron chi connectivity index (χ4n) is 3.76. The second-order valence-corrected chi connectivity index (χ2v) is 10.1. The second kappa shape index (κ2) is 12.2. The van der Waals surface area contributed by atoms with Crippen LogP contribution in [0.3, 0.4) is 0 Å². The molecule has 3 aromatic carbocycles. The van der Waals surface area contributed by atoms with E-state index >= 15 is 0 Å². The van der Waals surface area contributed by atoms with E-state index in [0.717, 1.165) is 5.56 Å². The minimum atomic E-state index is -4.19. The number of methoxy groups -OCH3 is 1. The molecule has 0 fully saturated rings. The van der Waals surface area contributed by atoms with Gasteiger partial charge in [-0.05, 0) is 61.4 Å². The van der Waals surface area contributed by atoms with Crippen LogP contribution < -0.4 is 19.7 Å². The van der Waals surface area contributed by atoms with Gasteiger partial charge in [-0.25, -0.2) is 17.9 Å². The Labute approximate surface area is 218 Å². The highest BCUT2D eigenvalue weighted by molar-refractivity contribution is 7.90. The molecule has 3 amide bonds. The zero-order valence-corrected chi connectivity index (χ0v) is 21.9. The normalized spacial score (nSPS) is 11.8. The molecule has 8 nitrogen and oxygen atoms in total. The molecule has 0 aromatic heterocycles. The summed E-state index contributed by atoms with van der Waals surface area (Å²) >= 11 is 0. The Morgan fingerprint density at radius 2 is 1.68 bits per heavy atom. The third-order valence-electron chi connectivity index (χ3n) is 5.72. The van der Waals surface area contributed by atoms with Crippen molar-refractivity contribution in [3.05, 3.63) is 96.6 Å². The van der Waals surface area contributed by atoms with E-state index in [4.69, 9.17) is 4.74 Å². The fraction of sp³-hybridized carbons (Fsp3) is 0.214. The number of hydrogen-bond acceptors (Lipinski definition) is 5. The van der Waals surface area contributed by atoms with Gasteiger partial charge in [0, 0.05) is 18.7 Å². The Kier molecular flexibility index (Phi) is 9.08. The van der Waals surface area contributed by atoms with Crippen molar-refractivity contribution < 1.29 is 22.7 Å². The number of urea groups is 1. The summed E-state index contributed by atoms with van der Waals surface area (Å²) in [5.74, 6) is 0.264. The van der Waals surface area contributed by atoms with Crippen molar-refractivity contribution in [2.24, 2.45) is 0 Å². The lowest BCUT2D eigenvalue weighted by atomic mass is 10.0. The number of amides is 3. The van der Waals surface area contributed by atoms with Crippen molar-refractivity contribution in [1.29, 1.82) is 0 Å². The van der Waals surface area contributed by atoms with Crippen LogP contribution in [-0.4, -0.2) is 40.1 Å². The van der Waals surface area contributed by atoms with E-state index in [9.17, 15) is 18.0 Å². The van der Waals surface area contributed by atoms with Gasteiger partial charge in [0.1, 0.15) is 11.8 Å². The molecule has 0 saturated carbocycles. The Bertz CT molecular complexity index is 1360. The molecule has 0 aliphatic heterocycles. The summed E-state index contributed by atoms with van der Waals surface area (Å²) in [6, 6.07) is 20.3. The minimum Gasteiger partial charge on any atom is -0.497 e. The summed E-state index contributed by atoms with van der Waals surface area (Å²) in [4.78, 5) is 27.9.